The number of carbonyl (C=O) groups is 1. The van der Waals surface area contributed by atoms with Crippen LogP contribution in [-0.2, 0) is 17.8 Å². The van der Waals surface area contributed by atoms with Gasteiger partial charge in [-0.2, -0.15) is 0 Å². The van der Waals surface area contributed by atoms with Gasteiger partial charge in [0.2, 0.25) is 0 Å². The van der Waals surface area contributed by atoms with Crippen molar-refractivity contribution in [1.29, 1.82) is 0 Å². The van der Waals surface area contributed by atoms with Crippen molar-refractivity contribution in [2.24, 2.45) is 5.73 Å². The summed E-state index contributed by atoms with van der Waals surface area (Å²) in [6, 6.07) is 10.2. The Kier molecular flexibility index (Phi) is 7.03. The largest absolute Gasteiger partial charge is 0.444 e. The molecule has 0 fully saturated rings. The molecule has 0 aliphatic rings. The van der Waals surface area contributed by atoms with Crippen molar-refractivity contribution in [2.45, 2.75) is 44.9 Å². The van der Waals surface area contributed by atoms with Gasteiger partial charge in [-0.3, -0.25) is 4.98 Å². The van der Waals surface area contributed by atoms with Crippen molar-refractivity contribution >= 4 is 17.4 Å². The van der Waals surface area contributed by atoms with Crippen LogP contribution in [0.5, 0.6) is 0 Å². The third-order valence-electron chi connectivity index (χ3n) is 3.45. The van der Waals surface area contributed by atoms with E-state index in [1.54, 1.807) is 11.7 Å². The van der Waals surface area contributed by atoms with Gasteiger partial charge < -0.3 is 15.8 Å². The molecule has 6 heteroatoms. The molecule has 1 aromatic carbocycles. The van der Waals surface area contributed by atoms with E-state index in [0.717, 1.165) is 24.1 Å². The molecule has 1 aromatic heterocycles. The number of hydrogen-bond donors (Lipinski definition) is 2. The van der Waals surface area contributed by atoms with Gasteiger partial charge in [0.25, 0.3) is 0 Å². The Bertz CT molecular complexity index is 573. The summed E-state index contributed by atoms with van der Waals surface area (Å²) in [5.41, 5.74) is 8.74. The van der Waals surface area contributed by atoms with Gasteiger partial charge in [-0.1, -0.05) is 30.3 Å². The second-order valence-electron chi connectivity index (χ2n) is 5.63. The van der Waals surface area contributed by atoms with Crippen LogP contribution in [0, 0.1) is 0 Å². The van der Waals surface area contributed by atoms with Crippen LogP contribution in [0.15, 0.2) is 42.0 Å². The lowest BCUT2D eigenvalue weighted by molar-refractivity contribution is 0.135. The highest BCUT2D eigenvalue weighted by Gasteiger charge is 2.15. The molecule has 2 rings (SSSR count). The standard InChI is InChI=1S/C17H23N3O2S/c1-13(18)7-8-15(9-14-5-3-2-4-6-14)20-17(21)22-11-16-10-19-12-23-16/h2-6,10,12-13,15H,7-9,11,18H2,1H3,(H,20,21)/t13-,15+/m0/s1. The van der Waals surface area contributed by atoms with Gasteiger partial charge in [-0.05, 0) is 31.7 Å². The van der Waals surface area contributed by atoms with E-state index >= 15 is 0 Å². The highest BCUT2D eigenvalue weighted by atomic mass is 32.1. The number of ether oxygens (including phenoxy) is 1. The summed E-state index contributed by atoms with van der Waals surface area (Å²) in [4.78, 5) is 16.9. The van der Waals surface area contributed by atoms with Gasteiger partial charge in [0.15, 0.2) is 0 Å². The Morgan fingerprint density at radius 3 is 2.78 bits per heavy atom. The van der Waals surface area contributed by atoms with Crippen molar-refractivity contribution < 1.29 is 9.53 Å². The normalized spacial score (nSPS) is 13.3. The summed E-state index contributed by atoms with van der Waals surface area (Å²) in [6.07, 6.45) is 3.75. The fourth-order valence-electron chi connectivity index (χ4n) is 2.25. The van der Waals surface area contributed by atoms with E-state index in [9.17, 15) is 4.79 Å². The maximum Gasteiger partial charge on any atom is 0.407 e. The molecule has 1 heterocycles. The SMILES string of the molecule is C[C@H](N)CC[C@H](Cc1ccccc1)NC(=O)OCc1cncs1. The zero-order valence-electron chi connectivity index (χ0n) is 13.3. The van der Waals surface area contributed by atoms with Gasteiger partial charge in [-0.15, -0.1) is 11.3 Å². The fourth-order valence-corrected chi connectivity index (χ4v) is 2.75. The molecule has 0 unspecified atom stereocenters. The van der Waals surface area contributed by atoms with E-state index in [0.29, 0.717) is 0 Å². The zero-order chi connectivity index (χ0) is 16.5. The maximum atomic E-state index is 12.0. The lowest BCUT2D eigenvalue weighted by atomic mass is 10.00. The predicted octanol–water partition coefficient (Wildman–Crippen LogP) is 3.11. The molecule has 0 spiro atoms. The van der Waals surface area contributed by atoms with Gasteiger partial charge in [-0.25, -0.2) is 4.79 Å². The Morgan fingerprint density at radius 2 is 2.13 bits per heavy atom. The Labute approximate surface area is 140 Å². The Morgan fingerprint density at radius 1 is 1.35 bits per heavy atom. The molecule has 5 nitrogen and oxygen atoms in total. The number of nitrogens with two attached hydrogens (primary N) is 1. The van der Waals surface area contributed by atoms with Gasteiger partial charge in [0, 0.05) is 18.3 Å². The molecule has 2 atom stereocenters. The average molecular weight is 333 g/mol. The lowest BCUT2D eigenvalue weighted by Crippen LogP contribution is -2.37. The summed E-state index contributed by atoms with van der Waals surface area (Å²) < 4.78 is 5.25. The third-order valence-corrected chi connectivity index (χ3v) is 4.20. The smallest absolute Gasteiger partial charge is 0.407 e. The molecule has 0 aliphatic carbocycles. The summed E-state index contributed by atoms with van der Waals surface area (Å²) in [5, 5.41) is 2.95. The number of thiazole rings is 1. The molecule has 0 radical (unpaired) electrons. The Hall–Kier alpha value is -1.92. The van der Waals surface area contributed by atoms with Gasteiger partial charge in [0.05, 0.1) is 10.4 Å². The maximum absolute atomic E-state index is 12.0. The first-order valence-electron chi connectivity index (χ1n) is 7.73. The van der Waals surface area contributed by atoms with E-state index < -0.39 is 6.09 Å². The Balaban J connectivity index is 1.86. The zero-order valence-corrected chi connectivity index (χ0v) is 14.1. The van der Waals surface area contributed by atoms with Gasteiger partial charge >= 0.3 is 6.09 Å². The molecular weight excluding hydrogens is 310 g/mol. The number of nitrogens with zero attached hydrogens (tertiary/aromatic N) is 1. The number of alkyl carbamates (subject to hydrolysis) is 1. The third kappa shape index (κ3) is 6.80. The van der Waals surface area contributed by atoms with E-state index in [2.05, 4.69) is 22.4 Å². The van der Waals surface area contributed by atoms with Crippen molar-refractivity contribution in [3.63, 3.8) is 0 Å². The first-order valence-corrected chi connectivity index (χ1v) is 8.61. The number of amides is 1. The van der Waals surface area contributed by atoms with E-state index in [4.69, 9.17) is 10.5 Å². The molecular formula is C17H23N3O2S. The number of benzene rings is 1. The molecule has 23 heavy (non-hydrogen) atoms. The molecule has 1 amide bonds. The predicted molar refractivity (Wildman–Crippen MR) is 92.3 cm³/mol. The highest BCUT2D eigenvalue weighted by molar-refractivity contribution is 7.09. The molecule has 0 bridgehead atoms. The second kappa shape index (κ2) is 9.27. The van der Waals surface area contributed by atoms with E-state index in [-0.39, 0.29) is 18.7 Å². The van der Waals surface area contributed by atoms with Crippen LogP contribution in [-0.4, -0.2) is 23.2 Å². The molecule has 3 N–H and O–H groups in total. The number of hydrogen-bond acceptors (Lipinski definition) is 5. The van der Waals surface area contributed by atoms with Crippen LogP contribution in [0.1, 0.15) is 30.2 Å². The van der Waals surface area contributed by atoms with Crippen molar-refractivity contribution in [3.8, 4) is 0 Å². The summed E-state index contributed by atoms with van der Waals surface area (Å²) in [6.45, 7) is 2.23. The van der Waals surface area contributed by atoms with Crippen LogP contribution in [0.2, 0.25) is 0 Å². The minimum Gasteiger partial charge on any atom is -0.444 e. The topological polar surface area (TPSA) is 77.2 Å². The van der Waals surface area contributed by atoms with Crippen LogP contribution in [0.4, 0.5) is 4.79 Å². The fraction of sp³-hybridized carbons (Fsp3) is 0.412. The van der Waals surface area contributed by atoms with Gasteiger partial charge in [0.1, 0.15) is 6.61 Å². The number of nitrogens with one attached hydrogen (secondary N) is 1. The lowest BCUT2D eigenvalue weighted by Gasteiger charge is -2.19. The van der Waals surface area contributed by atoms with Crippen LogP contribution in [0.3, 0.4) is 0 Å². The summed E-state index contributed by atoms with van der Waals surface area (Å²) >= 11 is 1.47. The first-order chi connectivity index (χ1) is 11.1. The van der Waals surface area contributed by atoms with Crippen molar-refractivity contribution in [2.75, 3.05) is 0 Å². The first kappa shape index (κ1) is 17.4. The van der Waals surface area contributed by atoms with Crippen LogP contribution < -0.4 is 11.1 Å². The average Bonchev–Trinajstić information content (AvgIpc) is 3.05. The van der Waals surface area contributed by atoms with Crippen molar-refractivity contribution in [1.82, 2.24) is 10.3 Å². The minimum atomic E-state index is -0.399. The molecule has 0 saturated heterocycles. The van der Waals surface area contributed by atoms with E-state index in [1.165, 1.54) is 16.9 Å². The quantitative estimate of drug-likeness (QED) is 0.778. The van der Waals surface area contributed by atoms with Crippen molar-refractivity contribution in [3.05, 3.63) is 52.5 Å². The minimum absolute atomic E-state index is 0.0114. The second-order valence-corrected chi connectivity index (χ2v) is 6.60. The highest BCUT2D eigenvalue weighted by Crippen LogP contribution is 2.10. The number of carbonyl (C=O) groups excluding carboxylic acids is 1. The van der Waals surface area contributed by atoms with E-state index in [1.807, 2.05) is 25.1 Å². The number of aromatic nitrogens is 1. The monoisotopic (exact) mass is 333 g/mol. The molecule has 2 aromatic rings. The summed E-state index contributed by atoms with van der Waals surface area (Å²) in [7, 11) is 0. The van der Waals surface area contributed by atoms with Crippen LogP contribution in [0.25, 0.3) is 0 Å². The number of rotatable bonds is 8. The molecule has 0 saturated carbocycles. The molecule has 0 aliphatic heterocycles. The summed E-state index contributed by atoms with van der Waals surface area (Å²) in [5.74, 6) is 0. The molecule has 124 valence electrons. The van der Waals surface area contributed by atoms with Crippen LogP contribution >= 0.6 is 11.3 Å².